The maximum absolute atomic E-state index is 4.38. The summed E-state index contributed by atoms with van der Waals surface area (Å²) in [5, 5.41) is 0. The maximum Gasteiger partial charge on any atom is 0.137 e. The number of hydrogen-bond acceptors (Lipinski definition) is 1. The minimum atomic E-state index is 0.977. The van der Waals surface area contributed by atoms with Crippen LogP contribution in [0.4, 0.5) is 0 Å². The Hall–Kier alpha value is -1.57. The highest BCUT2D eigenvalue weighted by molar-refractivity contribution is 5.54. The van der Waals surface area contributed by atoms with E-state index in [4.69, 9.17) is 0 Å². The second kappa shape index (κ2) is 2.48. The third-order valence-electron chi connectivity index (χ3n) is 1.94. The zero-order valence-corrected chi connectivity index (χ0v) is 6.99. The third kappa shape index (κ3) is 0.848. The molecule has 0 amide bonds. The van der Waals surface area contributed by atoms with Crippen molar-refractivity contribution in [3.05, 3.63) is 42.4 Å². The van der Waals surface area contributed by atoms with Crippen LogP contribution in [0.1, 0.15) is 11.4 Å². The zero-order chi connectivity index (χ0) is 8.55. The van der Waals surface area contributed by atoms with Crippen molar-refractivity contribution < 1.29 is 0 Å². The molecule has 0 aliphatic carbocycles. The van der Waals surface area contributed by atoms with E-state index in [1.807, 2.05) is 41.8 Å². The van der Waals surface area contributed by atoms with E-state index in [0.717, 1.165) is 17.0 Å². The van der Waals surface area contributed by atoms with Crippen LogP contribution in [0.25, 0.3) is 11.7 Å². The van der Waals surface area contributed by atoms with Crippen molar-refractivity contribution in [2.24, 2.45) is 0 Å². The summed E-state index contributed by atoms with van der Waals surface area (Å²) in [6.07, 6.45) is 3.82. The van der Waals surface area contributed by atoms with E-state index < -0.39 is 0 Å². The first-order valence-corrected chi connectivity index (χ1v) is 3.89. The van der Waals surface area contributed by atoms with Crippen LogP contribution in [-0.2, 0) is 0 Å². The summed E-state index contributed by atoms with van der Waals surface area (Å²) in [6, 6.07) is 5.95. The largest absolute Gasteiger partial charge is 0.300 e. The number of fused-ring (bicyclic) bond motifs is 1. The first-order valence-electron chi connectivity index (χ1n) is 3.89. The Labute approximate surface area is 71.2 Å². The molecule has 2 rings (SSSR count). The summed E-state index contributed by atoms with van der Waals surface area (Å²) in [5.41, 5.74) is 3.08. The molecule has 2 aromatic rings. The first kappa shape index (κ1) is 7.10. The summed E-state index contributed by atoms with van der Waals surface area (Å²) in [5.74, 6) is 0. The molecule has 0 aliphatic heterocycles. The lowest BCUT2D eigenvalue weighted by atomic mass is 10.3. The van der Waals surface area contributed by atoms with Gasteiger partial charge in [0.25, 0.3) is 0 Å². The molecule has 0 N–H and O–H groups in total. The van der Waals surface area contributed by atoms with Crippen molar-refractivity contribution in [1.29, 1.82) is 0 Å². The predicted octanol–water partition coefficient (Wildman–Crippen LogP) is 2.29. The molecule has 0 saturated carbocycles. The Morgan fingerprint density at radius 3 is 3.08 bits per heavy atom. The second-order valence-corrected chi connectivity index (χ2v) is 2.72. The Kier molecular flexibility index (Phi) is 1.47. The molecule has 0 radical (unpaired) electrons. The van der Waals surface area contributed by atoms with Crippen LogP contribution in [-0.4, -0.2) is 9.38 Å². The first-order chi connectivity index (χ1) is 5.83. The van der Waals surface area contributed by atoms with Gasteiger partial charge in [-0.3, -0.25) is 0 Å². The zero-order valence-electron chi connectivity index (χ0n) is 6.99. The van der Waals surface area contributed by atoms with Crippen LogP contribution >= 0.6 is 0 Å². The van der Waals surface area contributed by atoms with E-state index in [9.17, 15) is 0 Å². The molecule has 2 aromatic heterocycles. The van der Waals surface area contributed by atoms with Gasteiger partial charge >= 0.3 is 0 Å². The van der Waals surface area contributed by atoms with Crippen molar-refractivity contribution in [2.75, 3.05) is 0 Å². The standard InChI is InChI=1S/C10H10N2/c1-3-9-8(2)11-10-6-4-5-7-12(9)10/h3-7H,1H2,2H3. The molecule has 0 fully saturated rings. The molecule has 0 spiro atoms. The lowest BCUT2D eigenvalue weighted by Crippen LogP contribution is -1.85. The normalized spacial score (nSPS) is 10.4. The lowest BCUT2D eigenvalue weighted by molar-refractivity contribution is 1.16. The van der Waals surface area contributed by atoms with Gasteiger partial charge in [-0.2, -0.15) is 0 Å². The summed E-state index contributed by atoms with van der Waals surface area (Å²) in [6.45, 7) is 5.74. The van der Waals surface area contributed by atoms with Crippen molar-refractivity contribution in [3.63, 3.8) is 0 Å². The fourth-order valence-corrected chi connectivity index (χ4v) is 1.38. The molecule has 0 bridgehead atoms. The number of aryl methyl sites for hydroxylation is 1. The van der Waals surface area contributed by atoms with Crippen molar-refractivity contribution in [1.82, 2.24) is 9.38 Å². The number of imidazole rings is 1. The van der Waals surface area contributed by atoms with E-state index in [2.05, 4.69) is 11.6 Å². The molecule has 2 heterocycles. The minimum Gasteiger partial charge on any atom is -0.300 e. The van der Waals surface area contributed by atoms with E-state index >= 15 is 0 Å². The fraction of sp³-hybridized carbons (Fsp3) is 0.100. The average molecular weight is 158 g/mol. The van der Waals surface area contributed by atoms with Gasteiger partial charge in [-0.25, -0.2) is 4.98 Å². The van der Waals surface area contributed by atoms with Crippen molar-refractivity contribution in [3.8, 4) is 0 Å². The van der Waals surface area contributed by atoms with E-state index in [0.29, 0.717) is 0 Å². The van der Waals surface area contributed by atoms with Gasteiger partial charge in [0.15, 0.2) is 0 Å². The summed E-state index contributed by atoms with van der Waals surface area (Å²) in [4.78, 5) is 4.38. The van der Waals surface area contributed by atoms with E-state index in [1.165, 1.54) is 0 Å². The van der Waals surface area contributed by atoms with Gasteiger partial charge in [0.2, 0.25) is 0 Å². The number of pyridine rings is 1. The van der Waals surface area contributed by atoms with Gasteiger partial charge in [-0.05, 0) is 25.1 Å². The number of hydrogen-bond donors (Lipinski definition) is 0. The van der Waals surface area contributed by atoms with Gasteiger partial charge in [-0.1, -0.05) is 12.6 Å². The predicted molar refractivity (Wildman–Crippen MR) is 50.0 cm³/mol. The van der Waals surface area contributed by atoms with Crippen molar-refractivity contribution in [2.45, 2.75) is 6.92 Å². The Balaban J connectivity index is 2.90. The Morgan fingerprint density at radius 2 is 2.33 bits per heavy atom. The molecule has 12 heavy (non-hydrogen) atoms. The number of aromatic nitrogens is 2. The highest BCUT2D eigenvalue weighted by Crippen LogP contribution is 2.11. The fourth-order valence-electron chi connectivity index (χ4n) is 1.38. The number of rotatable bonds is 1. The molecule has 60 valence electrons. The second-order valence-electron chi connectivity index (χ2n) is 2.72. The van der Waals surface area contributed by atoms with Crippen LogP contribution in [0, 0.1) is 6.92 Å². The topological polar surface area (TPSA) is 17.3 Å². The molecule has 0 aliphatic rings. The lowest BCUT2D eigenvalue weighted by Gasteiger charge is -1.93. The minimum absolute atomic E-state index is 0.977. The average Bonchev–Trinajstić information content (AvgIpc) is 2.40. The van der Waals surface area contributed by atoms with Gasteiger partial charge in [0.1, 0.15) is 5.65 Å². The van der Waals surface area contributed by atoms with Crippen LogP contribution in [0.15, 0.2) is 31.0 Å². The SMILES string of the molecule is C=Cc1c(C)nc2ccccn12. The molecule has 0 saturated heterocycles. The summed E-state index contributed by atoms with van der Waals surface area (Å²) in [7, 11) is 0. The molecular weight excluding hydrogens is 148 g/mol. The Morgan fingerprint density at radius 1 is 1.50 bits per heavy atom. The molecule has 0 aromatic carbocycles. The number of nitrogens with zero attached hydrogens (tertiary/aromatic N) is 2. The van der Waals surface area contributed by atoms with Gasteiger partial charge in [0.05, 0.1) is 11.4 Å². The van der Waals surface area contributed by atoms with Gasteiger partial charge < -0.3 is 4.40 Å². The van der Waals surface area contributed by atoms with Crippen LogP contribution < -0.4 is 0 Å². The highest BCUT2D eigenvalue weighted by atomic mass is 15.0. The molecular formula is C10H10N2. The Bertz CT molecular complexity index is 426. The van der Waals surface area contributed by atoms with Crippen LogP contribution in [0.2, 0.25) is 0 Å². The molecule has 0 unspecified atom stereocenters. The molecule has 2 heteroatoms. The molecule has 2 nitrogen and oxygen atoms in total. The summed E-state index contributed by atoms with van der Waals surface area (Å²) < 4.78 is 2.03. The van der Waals surface area contributed by atoms with Crippen LogP contribution in [0.3, 0.4) is 0 Å². The smallest absolute Gasteiger partial charge is 0.137 e. The van der Waals surface area contributed by atoms with Crippen LogP contribution in [0.5, 0.6) is 0 Å². The highest BCUT2D eigenvalue weighted by Gasteiger charge is 2.02. The van der Waals surface area contributed by atoms with Gasteiger partial charge in [-0.15, -0.1) is 0 Å². The van der Waals surface area contributed by atoms with E-state index in [1.54, 1.807) is 0 Å². The van der Waals surface area contributed by atoms with E-state index in [-0.39, 0.29) is 0 Å². The van der Waals surface area contributed by atoms with Gasteiger partial charge in [0, 0.05) is 6.20 Å². The molecule has 0 atom stereocenters. The maximum atomic E-state index is 4.38. The summed E-state index contributed by atoms with van der Waals surface area (Å²) >= 11 is 0. The van der Waals surface area contributed by atoms with Crippen molar-refractivity contribution >= 4 is 11.7 Å². The monoisotopic (exact) mass is 158 g/mol. The third-order valence-corrected chi connectivity index (χ3v) is 1.94. The quantitative estimate of drug-likeness (QED) is 0.622.